The van der Waals surface area contributed by atoms with Gasteiger partial charge < -0.3 is 15.0 Å². The van der Waals surface area contributed by atoms with E-state index < -0.39 is 0 Å². The van der Waals surface area contributed by atoms with Crippen LogP contribution in [0.5, 0.6) is 0 Å². The Bertz CT molecular complexity index is 1040. The molecule has 3 aromatic rings. The van der Waals surface area contributed by atoms with Gasteiger partial charge in [-0.2, -0.15) is 4.98 Å². The van der Waals surface area contributed by atoms with E-state index in [9.17, 15) is 4.39 Å². The summed E-state index contributed by atoms with van der Waals surface area (Å²) in [7, 11) is 1.66. The van der Waals surface area contributed by atoms with Crippen LogP contribution in [-0.2, 0) is 24.3 Å². The molecule has 0 spiro atoms. The van der Waals surface area contributed by atoms with Gasteiger partial charge in [0.1, 0.15) is 11.6 Å². The second kappa shape index (κ2) is 9.41. The Hall–Kier alpha value is -2.70. The SMILES string of the molecule is COCc1nc(Nc2ccc(F)cc2C)nc(N2CCc3ccccc3C2)c1C.Cl. The number of aryl methyl sites for hydroxylation is 1. The summed E-state index contributed by atoms with van der Waals surface area (Å²) in [5, 5.41) is 3.25. The molecule has 2 aromatic carbocycles. The van der Waals surface area contributed by atoms with Gasteiger partial charge in [-0.1, -0.05) is 24.3 Å². The van der Waals surface area contributed by atoms with Crippen LogP contribution in [0.25, 0.3) is 0 Å². The predicted octanol–water partition coefficient (Wildman–Crippen LogP) is 5.11. The van der Waals surface area contributed by atoms with E-state index in [4.69, 9.17) is 9.72 Å². The number of aromatic nitrogens is 2. The molecule has 1 N–H and O–H groups in total. The maximum Gasteiger partial charge on any atom is 0.229 e. The standard InChI is InChI=1S/C23H25FN4O.ClH/c1-15-12-19(24)8-9-20(15)25-23-26-21(14-29-3)16(2)22(27-23)28-11-10-17-6-4-5-7-18(17)13-28;/h4-9,12H,10-11,13-14H2,1-3H3,(H,25,26,27);1H. The smallest absolute Gasteiger partial charge is 0.229 e. The molecule has 0 bridgehead atoms. The van der Waals surface area contributed by atoms with Crippen LogP contribution < -0.4 is 10.2 Å². The van der Waals surface area contributed by atoms with Gasteiger partial charge >= 0.3 is 0 Å². The van der Waals surface area contributed by atoms with Crippen molar-refractivity contribution in [2.45, 2.75) is 33.4 Å². The van der Waals surface area contributed by atoms with Gasteiger partial charge in [0.15, 0.2) is 0 Å². The summed E-state index contributed by atoms with van der Waals surface area (Å²) in [5.74, 6) is 1.14. The van der Waals surface area contributed by atoms with Crippen LogP contribution in [0.2, 0.25) is 0 Å². The number of rotatable bonds is 5. The highest BCUT2D eigenvalue weighted by Crippen LogP contribution is 2.29. The number of nitrogens with one attached hydrogen (secondary N) is 1. The van der Waals surface area contributed by atoms with Crippen LogP contribution >= 0.6 is 12.4 Å². The highest BCUT2D eigenvalue weighted by atomic mass is 35.5. The first kappa shape index (κ1) is 22.0. The Morgan fingerprint density at radius 1 is 1.10 bits per heavy atom. The first-order chi connectivity index (χ1) is 14.0. The number of hydrogen-bond acceptors (Lipinski definition) is 5. The van der Waals surface area contributed by atoms with Crippen LogP contribution in [0.1, 0.15) is 27.9 Å². The predicted molar refractivity (Wildman–Crippen MR) is 120 cm³/mol. The minimum Gasteiger partial charge on any atom is -0.378 e. The molecule has 158 valence electrons. The van der Waals surface area contributed by atoms with Crippen LogP contribution in [0, 0.1) is 19.7 Å². The lowest BCUT2D eigenvalue weighted by Crippen LogP contribution is -2.32. The van der Waals surface area contributed by atoms with Gasteiger partial charge in [-0.05, 0) is 55.2 Å². The Labute approximate surface area is 182 Å². The highest BCUT2D eigenvalue weighted by Gasteiger charge is 2.21. The van der Waals surface area contributed by atoms with Crippen molar-refractivity contribution in [3.63, 3.8) is 0 Å². The molecule has 0 atom stereocenters. The summed E-state index contributed by atoms with van der Waals surface area (Å²) >= 11 is 0. The molecule has 0 unspecified atom stereocenters. The summed E-state index contributed by atoms with van der Waals surface area (Å²) in [6, 6.07) is 13.2. The second-order valence-electron chi connectivity index (χ2n) is 7.40. The quantitative estimate of drug-likeness (QED) is 0.612. The first-order valence-electron chi connectivity index (χ1n) is 9.76. The van der Waals surface area contributed by atoms with E-state index in [1.807, 2.05) is 13.8 Å². The monoisotopic (exact) mass is 428 g/mol. The third-order valence-corrected chi connectivity index (χ3v) is 5.37. The Balaban J connectivity index is 0.00000256. The molecule has 1 aliphatic heterocycles. The fourth-order valence-electron chi connectivity index (χ4n) is 3.76. The number of nitrogens with zero attached hydrogens (tertiary/aromatic N) is 3. The lowest BCUT2D eigenvalue weighted by molar-refractivity contribution is 0.181. The summed E-state index contributed by atoms with van der Waals surface area (Å²) in [6.07, 6.45) is 0.985. The van der Waals surface area contributed by atoms with Crippen molar-refractivity contribution in [2.24, 2.45) is 0 Å². The van der Waals surface area contributed by atoms with E-state index in [1.165, 1.54) is 23.3 Å². The fourth-order valence-corrected chi connectivity index (χ4v) is 3.76. The number of hydrogen-bond donors (Lipinski definition) is 1. The maximum atomic E-state index is 13.4. The molecule has 0 saturated heterocycles. The van der Waals surface area contributed by atoms with E-state index in [2.05, 4.69) is 39.5 Å². The number of benzene rings is 2. The Kier molecular flexibility index (Phi) is 6.90. The van der Waals surface area contributed by atoms with E-state index in [0.29, 0.717) is 12.6 Å². The minimum absolute atomic E-state index is 0. The van der Waals surface area contributed by atoms with Crippen molar-refractivity contribution < 1.29 is 9.13 Å². The molecule has 0 aliphatic carbocycles. The maximum absolute atomic E-state index is 13.4. The fraction of sp³-hybridized carbons (Fsp3) is 0.304. The van der Waals surface area contributed by atoms with E-state index >= 15 is 0 Å². The van der Waals surface area contributed by atoms with Crippen molar-refractivity contribution >= 4 is 29.9 Å². The number of anilines is 3. The first-order valence-corrected chi connectivity index (χ1v) is 9.76. The van der Waals surface area contributed by atoms with E-state index in [1.54, 1.807) is 13.2 Å². The Morgan fingerprint density at radius 2 is 1.87 bits per heavy atom. The van der Waals surface area contributed by atoms with Crippen LogP contribution in [0.3, 0.4) is 0 Å². The van der Waals surface area contributed by atoms with E-state index in [0.717, 1.165) is 47.8 Å². The van der Waals surface area contributed by atoms with Crippen molar-refractivity contribution in [3.05, 3.63) is 76.2 Å². The molecule has 5 nitrogen and oxygen atoms in total. The normalized spacial score (nSPS) is 12.9. The molecule has 2 heterocycles. The van der Waals surface area contributed by atoms with Gasteiger partial charge in [-0.3, -0.25) is 0 Å². The molecule has 1 aliphatic rings. The summed E-state index contributed by atoms with van der Waals surface area (Å²) < 4.78 is 18.8. The molecule has 0 saturated carbocycles. The number of methoxy groups -OCH3 is 1. The average Bonchev–Trinajstić information content (AvgIpc) is 2.72. The second-order valence-corrected chi connectivity index (χ2v) is 7.40. The third-order valence-electron chi connectivity index (χ3n) is 5.37. The molecule has 7 heteroatoms. The molecule has 4 rings (SSSR count). The number of ether oxygens (including phenoxy) is 1. The van der Waals surface area contributed by atoms with Gasteiger partial charge in [0.2, 0.25) is 5.95 Å². The molecule has 0 amide bonds. The lowest BCUT2D eigenvalue weighted by atomic mass is 9.99. The minimum atomic E-state index is -0.259. The molecular formula is C23H26ClFN4O. The lowest BCUT2D eigenvalue weighted by Gasteiger charge is -2.31. The Morgan fingerprint density at radius 3 is 2.60 bits per heavy atom. The van der Waals surface area contributed by atoms with Gasteiger partial charge in [0, 0.05) is 31.5 Å². The summed E-state index contributed by atoms with van der Waals surface area (Å²) in [4.78, 5) is 11.8. The average molecular weight is 429 g/mol. The largest absolute Gasteiger partial charge is 0.378 e. The summed E-state index contributed by atoms with van der Waals surface area (Å²) in [6.45, 7) is 6.02. The zero-order chi connectivity index (χ0) is 20.4. The third kappa shape index (κ3) is 4.55. The van der Waals surface area contributed by atoms with Crippen LogP contribution in [0.4, 0.5) is 21.8 Å². The zero-order valence-electron chi connectivity index (χ0n) is 17.4. The topological polar surface area (TPSA) is 50.3 Å². The van der Waals surface area contributed by atoms with Crippen molar-refractivity contribution in [1.82, 2.24) is 9.97 Å². The van der Waals surface area contributed by atoms with Crippen molar-refractivity contribution in [1.29, 1.82) is 0 Å². The molecule has 30 heavy (non-hydrogen) atoms. The molecule has 0 fully saturated rings. The molecular weight excluding hydrogens is 403 g/mol. The highest BCUT2D eigenvalue weighted by molar-refractivity contribution is 5.85. The van der Waals surface area contributed by atoms with Gasteiger partial charge in [0.25, 0.3) is 0 Å². The van der Waals surface area contributed by atoms with Gasteiger partial charge in [-0.15, -0.1) is 12.4 Å². The van der Waals surface area contributed by atoms with Gasteiger partial charge in [-0.25, -0.2) is 9.37 Å². The van der Waals surface area contributed by atoms with Crippen molar-refractivity contribution in [2.75, 3.05) is 23.9 Å². The summed E-state index contributed by atoms with van der Waals surface area (Å²) in [5.41, 5.74) is 6.18. The van der Waals surface area contributed by atoms with E-state index in [-0.39, 0.29) is 18.2 Å². The zero-order valence-corrected chi connectivity index (χ0v) is 18.2. The van der Waals surface area contributed by atoms with Crippen LogP contribution in [0.15, 0.2) is 42.5 Å². The molecule has 0 radical (unpaired) electrons. The number of fused-ring (bicyclic) bond motifs is 1. The van der Waals surface area contributed by atoms with Crippen molar-refractivity contribution in [3.8, 4) is 0 Å². The van der Waals surface area contributed by atoms with Gasteiger partial charge in [0.05, 0.1) is 12.3 Å². The van der Waals surface area contributed by atoms with Crippen LogP contribution in [-0.4, -0.2) is 23.6 Å². The number of halogens is 2. The molecule has 1 aromatic heterocycles.